The second-order valence-electron chi connectivity index (χ2n) is 16.9. The van der Waals surface area contributed by atoms with Crippen LogP contribution in [0.1, 0.15) is 71.6 Å². The SMILES string of the molecule is Cc1ccc2c(c1)-c1cc(C)ccc1C21c2ccccc2N(c2ccc(-c3ccc4c(c3)C(c3ccccc3)(c3ccccc3)c3ccccc3C4=O)cc2)c2ccccc21. The quantitative estimate of drug-likeness (QED) is 0.177. The third-order valence-electron chi connectivity index (χ3n) is 13.7. The molecule has 1 spiro atoms. The van der Waals surface area contributed by atoms with Gasteiger partial charge in [0, 0.05) is 16.8 Å². The summed E-state index contributed by atoms with van der Waals surface area (Å²) in [5.74, 6) is 0.0629. The molecule has 2 nitrogen and oxygen atoms in total. The third-order valence-corrected chi connectivity index (χ3v) is 13.7. The highest BCUT2D eigenvalue weighted by atomic mass is 16.1. The summed E-state index contributed by atoms with van der Waals surface area (Å²) >= 11 is 0. The van der Waals surface area contributed by atoms with Gasteiger partial charge >= 0.3 is 0 Å². The van der Waals surface area contributed by atoms with Gasteiger partial charge in [-0.25, -0.2) is 0 Å². The fraction of sp³-hybridized carbons (Fsp3) is 0.0678. The molecule has 0 amide bonds. The molecule has 2 heteroatoms. The lowest BCUT2D eigenvalue weighted by molar-refractivity contribution is 0.103. The summed E-state index contributed by atoms with van der Waals surface area (Å²) < 4.78 is 0. The van der Waals surface area contributed by atoms with Crippen LogP contribution in [0.2, 0.25) is 0 Å². The first-order valence-corrected chi connectivity index (χ1v) is 21.2. The van der Waals surface area contributed by atoms with Crippen molar-refractivity contribution in [1.82, 2.24) is 0 Å². The zero-order chi connectivity index (χ0) is 40.9. The minimum atomic E-state index is -0.690. The van der Waals surface area contributed by atoms with Gasteiger partial charge in [-0.2, -0.15) is 0 Å². The first-order chi connectivity index (χ1) is 30.0. The second kappa shape index (κ2) is 13.2. The lowest BCUT2D eigenvalue weighted by atomic mass is 9.59. The zero-order valence-corrected chi connectivity index (χ0v) is 34.1. The van der Waals surface area contributed by atoms with Gasteiger partial charge in [-0.1, -0.05) is 193 Å². The smallest absolute Gasteiger partial charge is 0.193 e. The molecule has 1 heterocycles. The van der Waals surface area contributed by atoms with Gasteiger partial charge in [-0.15, -0.1) is 0 Å². The molecule has 9 aromatic rings. The van der Waals surface area contributed by atoms with Gasteiger partial charge < -0.3 is 4.90 Å². The van der Waals surface area contributed by atoms with Crippen molar-refractivity contribution in [3.63, 3.8) is 0 Å². The molecule has 0 saturated carbocycles. The van der Waals surface area contributed by atoms with Crippen molar-refractivity contribution in [3.05, 3.63) is 279 Å². The number of rotatable bonds is 4. The number of aryl methyl sites for hydroxylation is 2. The molecule has 0 aromatic heterocycles. The van der Waals surface area contributed by atoms with E-state index in [4.69, 9.17) is 0 Å². The normalized spacial score (nSPS) is 14.7. The van der Waals surface area contributed by atoms with Gasteiger partial charge in [0.05, 0.1) is 22.2 Å². The summed E-state index contributed by atoms with van der Waals surface area (Å²) in [6, 6.07) is 76.9. The predicted molar refractivity (Wildman–Crippen MR) is 249 cm³/mol. The average molecular weight is 780 g/mol. The Balaban J connectivity index is 1.02. The van der Waals surface area contributed by atoms with Crippen LogP contribution >= 0.6 is 0 Å². The second-order valence-corrected chi connectivity index (χ2v) is 16.9. The van der Waals surface area contributed by atoms with Crippen LogP contribution in [0, 0.1) is 13.8 Å². The Labute approximate surface area is 357 Å². The number of anilines is 3. The molecule has 12 rings (SSSR count). The number of carbonyl (C=O) groups excluding carboxylic acids is 1. The molecule has 61 heavy (non-hydrogen) atoms. The van der Waals surface area contributed by atoms with E-state index in [1.165, 1.54) is 55.9 Å². The number of benzene rings is 9. The number of hydrogen-bond acceptors (Lipinski definition) is 2. The van der Waals surface area contributed by atoms with Crippen LogP contribution in [-0.4, -0.2) is 5.78 Å². The molecule has 0 radical (unpaired) electrons. The number of ketones is 1. The first kappa shape index (κ1) is 35.4. The minimum Gasteiger partial charge on any atom is -0.310 e. The van der Waals surface area contributed by atoms with E-state index in [0.29, 0.717) is 0 Å². The molecular weight excluding hydrogens is 739 g/mol. The van der Waals surface area contributed by atoms with Gasteiger partial charge in [0.25, 0.3) is 0 Å². The van der Waals surface area contributed by atoms with E-state index in [1.807, 2.05) is 18.2 Å². The van der Waals surface area contributed by atoms with E-state index >= 15 is 0 Å². The van der Waals surface area contributed by atoms with E-state index < -0.39 is 10.8 Å². The van der Waals surface area contributed by atoms with Crippen molar-refractivity contribution < 1.29 is 4.79 Å². The Morgan fingerprint density at radius 1 is 0.344 bits per heavy atom. The van der Waals surface area contributed by atoms with Crippen LogP contribution in [0.15, 0.2) is 212 Å². The number of para-hydroxylation sites is 2. The molecule has 0 atom stereocenters. The molecule has 0 unspecified atom stereocenters. The van der Waals surface area contributed by atoms with Crippen molar-refractivity contribution >= 4 is 22.8 Å². The van der Waals surface area contributed by atoms with E-state index in [1.54, 1.807) is 0 Å². The minimum absolute atomic E-state index is 0.0629. The Kier molecular flexibility index (Phi) is 7.68. The fourth-order valence-corrected chi connectivity index (χ4v) is 11.2. The third kappa shape index (κ3) is 4.82. The number of hydrogen-bond donors (Lipinski definition) is 0. The molecule has 3 aliphatic rings. The topological polar surface area (TPSA) is 20.3 Å². The van der Waals surface area contributed by atoms with Gasteiger partial charge in [0.15, 0.2) is 5.78 Å². The summed E-state index contributed by atoms with van der Waals surface area (Å²) in [4.78, 5) is 16.8. The summed E-state index contributed by atoms with van der Waals surface area (Å²) in [6.07, 6.45) is 0. The largest absolute Gasteiger partial charge is 0.310 e. The predicted octanol–water partition coefficient (Wildman–Crippen LogP) is 14.0. The monoisotopic (exact) mass is 779 g/mol. The fourth-order valence-electron chi connectivity index (χ4n) is 11.2. The van der Waals surface area contributed by atoms with Gasteiger partial charge in [-0.05, 0) is 111 Å². The van der Waals surface area contributed by atoms with E-state index in [2.05, 4.69) is 213 Å². The molecule has 0 saturated heterocycles. The molecule has 0 fully saturated rings. The zero-order valence-electron chi connectivity index (χ0n) is 34.1. The standard InChI is InChI=1S/C59H41NO/c1-38-25-33-50-47(35-38)48-36-39(2)26-34-51(48)59(50)52-21-11-13-23-55(52)60(56-24-14-12-22-53(56)59)44-30-27-40(28-31-44)41-29-32-46-54(37-41)58(42-15-5-3-6-16-42,43-17-7-4-8-18-43)49-20-10-9-19-45(49)57(46)61/h3-37H,1-2H3. The van der Waals surface area contributed by atoms with Gasteiger partial charge in [0.2, 0.25) is 0 Å². The lowest BCUT2D eigenvalue weighted by Crippen LogP contribution is -2.38. The number of carbonyl (C=O) groups is 1. The van der Waals surface area contributed by atoms with Gasteiger partial charge in [0.1, 0.15) is 0 Å². The molecule has 0 bridgehead atoms. The molecular formula is C59H41NO. The highest BCUT2D eigenvalue weighted by Crippen LogP contribution is 2.63. The van der Waals surface area contributed by atoms with Crippen LogP contribution < -0.4 is 4.90 Å². The highest BCUT2D eigenvalue weighted by Gasteiger charge is 2.52. The van der Waals surface area contributed by atoms with E-state index in [9.17, 15) is 4.79 Å². The highest BCUT2D eigenvalue weighted by molar-refractivity contribution is 6.14. The average Bonchev–Trinajstić information content (AvgIpc) is 3.59. The van der Waals surface area contributed by atoms with E-state index in [0.717, 1.165) is 50.2 Å². The van der Waals surface area contributed by atoms with Gasteiger partial charge in [-0.3, -0.25) is 4.79 Å². The lowest BCUT2D eigenvalue weighted by Gasteiger charge is -2.45. The van der Waals surface area contributed by atoms with Crippen molar-refractivity contribution in [2.45, 2.75) is 24.7 Å². The molecule has 0 N–H and O–H groups in total. The van der Waals surface area contributed by atoms with Crippen molar-refractivity contribution in [2.75, 3.05) is 4.90 Å². The molecule has 9 aromatic carbocycles. The Morgan fingerprint density at radius 3 is 1.38 bits per heavy atom. The number of fused-ring (bicyclic) bond motifs is 11. The van der Waals surface area contributed by atoms with Crippen LogP contribution in [-0.2, 0) is 10.8 Å². The van der Waals surface area contributed by atoms with Crippen LogP contribution in [0.5, 0.6) is 0 Å². The summed E-state index contributed by atoms with van der Waals surface area (Å²) in [7, 11) is 0. The van der Waals surface area contributed by atoms with Crippen LogP contribution in [0.25, 0.3) is 22.3 Å². The maximum absolute atomic E-state index is 14.4. The maximum atomic E-state index is 14.4. The molecule has 288 valence electrons. The van der Waals surface area contributed by atoms with Crippen LogP contribution in [0.4, 0.5) is 17.1 Å². The van der Waals surface area contributed by atoms with Crippen molar-refractivity contribution in [2.24, 2.45) is 0 Å². The maximum Gasteiger partial charge on any atom is 0.193 e. The molecule has 2 aliphatic carbocycles. The Bertz CT molecular complexity index is 3090. The summed E-state index contributed by atoms with van der Waals surface area (Å²) in [5, 5.41) is 0. The first-order valence-electron chi connectivity index (χ1n) is 21.2. The van der Waals surface area contributed by atoms with E-state index in [-0.39, 0.29) is 5.78 Å². The Morgan fingerprint density at radius 2 is 0.803 bits per heavy atom. The van der Waals surface area contributed by atoms with Crippen LogP contribution in [0.3, 0.4) is 0 Å². The summed E-state index contributed by atoms with van der Waals surface area (Å²) in [5.41, 5.74) is 20.6. The summed E-state index contributed by atoms with van der Waals surface area (Å²) in [6.45, 7) is 4.39. The number of nitrogens with zero attached hydrogens (tertiary/aromatic N) is 1. The van der Waals surface area contributed by atoms with Crippen molar-refractivity contribution in [3.8, 4) is 22.3 Å². The molecule has 1 aliphatic heterocycles. The Hall–Kier alpha value is -7.55. The van der Waals surface area contributed by atoms with Crippen molar-refractivity contribution in [1.29, 1.82) is 0 Å².